The topological polar surface area (TPSA) is 96.0 Å². The molecule has 33 heavy (non-hydrogen) atoms. The van der Waals surface area contributed by atoms with Gasteiger partial charge in [0.1, 0.15) is 19.0 Å². The molecular weight excluding hydrogens is 443 g/mol. The van der Waals surface area contributed by atoms with Crippen molar-refractivity contribution < 1.29 is 32.2 Å². The zero-order valence-corrected chi connectivity index (χ0v) is 17.5. The maximum Gasteiger partial charge on any atom is 0.417 e. The summed E-state index contributed by atoms with van der Waals surface area (Å²) in [7, 11) is 0. The van der Waals surface area contributed by atoms with Crippen molar-refractivity contribution in [1.82, 2.24) is 15.2 Å². The van der Waals surface area contributed by atoms with E-state index >= 15 is 0 Å². The Balaban J connectivity index is 1.22. The van der Waals surface area contributed by atoms with Crippen LogP contribution in [0.4, 0.5) is 29.5 Å². The molecule has 0 saturated carbocycles. The van der Waals surface area contributed by atoms with E-state index in [1.54, 1.807) is 18.2 Å². The number of nitrogens with zero attached hydrogens (tertiary/aromatic N) is 3. The van der Waals surface area contributed by atoms with E-state index in [0.717, 1.165) is 12.3 Å². The molecule has 0 atom stereocenters. The number of ether oxygens (including phenoxy) is 2. The maximum absolute atomic E-state index is 12.7. The SMILES string of the molecule is O=C(CN1CCN(c2ccc(C(F)(F)F)cn2)CC1)NC(=O)Nc1ccc2c(c1)OCCO2. The van der Waals surface area contributed by atoms with Gasteiger partial charge in [-0.25, -0.2) is 9.78 Å². The van der Waals surface area contributed by atoms with Crippen LogP contribution in [0, 0.1) is 0 Å². The Kier molecular flexibility index (Phi) is 6.54. The normalized spacial score (nSPS) is 16.3. The third-order valence-corrected chi connectivity index (χ3v) is 5.19. The number of nitrogens with one attached hydrogen (secondary N) is 2. The van der Waals surface area contributed by atoms with Crippen molar-refractivity contribution in [2.45, 2.75) is 6.18 Å². The molecule has 0 bridgehead atoms. The van der Waals surface area contributed by atoms with Crippen LogP contribution in [0.5, 0.6) is 11.5 Å². The first-order valence-corrected chi connectivity index (χ1v) is 10.3. The van der Waals surface area contributed by atoms with Crippen molar-refractivity contribution in [2.24, 2.45) is 0 Å². The number of anilines is 2. The fraction of sp³-hybridized carbons (Fsp3) is 0.381. The number of pyridine rings is 1. The summed E-state index contributed by atoms with van der Waals surface area (Å²) in [5.41, 5.74) is -0.335. The average molecular weight is 465 g/mol. The third kappa shape index (κ3) is 5.83. The summed E-state index contributed by atoms with van der Waals surface area (Å²) >= 11 is 0. The van der Waals surface area contributed by atoms with Gasteiger partial charge >= 0.3 is 12.2 Å². The quantitative estimate of drug-likeness (QED) is 0.716. The molecule has 176 valence electrons. The minimum absolute atomic E-state index is 0.0167. The zero-order valence-electron chi connectivity index (χ0n) is 17.5. The lowest BCUT2D eigenvalue weighted by Crippen LogP contribution is -2.50. The van der Waals surface area contributed by atoms with Crippen LogP contribution in [-0.4, -0.2) is 67.8 Å². The van der Waals surface area contributed by atoms with Crippen LogP contribution >= 0.6 is 0 Å². The molecule has 9 nitrogen and oxygen atoms in total. The van der Waals surface area contributed by atoms with Crippen molar-refractivity contribution >= 4 is 23.4 Å². The first kappa shape index (κ1) is 22.6. The van der Waals surface area contributed by atoms with Crippen LogP contribution in [0.25, 0.3) is 0 Å². The molecular formula is C21H22F3N5O4. The number of aromatic nitrogens is 1. The van der Waals surface area contributed by atoms with Crippen LogP contribution in [-0.2, 0) is 11.0 Å². The highest BCUT2D eigenvalue weighted by molar-refractivity contribution is 6.01. The molecule has 0 aliphatic carbocycles. The summed E-state index contributed by atoms with van der Waals surface area (Å²) in [5.74, 6) is 1.09. The molecule has 1 aromatic heterocycles. The van der Waals surface area contributed by atoms with E-state index in [9.17, 15) is 22.8 Å². The van der Waals surface area contributed by atoms with Crippen LogP contribution < -0.4 is 25.0 Å². The number of amides is 3. The molecule has 12 heteroatoms. The van der Waals surface area contributed by atoms with Gasteiger partial charge in [0.25, 0.3) is 0 Å². The predicted molar refractivity (Wildman–Crippen MR) is 112 cm³/mol. The molecule has 0 spiro atoms. The summed E-state index contributed by atoms with van der Waals surface area (Å²) in [6.07, 6.45) is -3.61. The smallest absolute Gasteiger partial charge is 0.417 e. The third-order valence-electron chi connectivity index (χ3n) is 5.19. The number of halogens is 3. The molecule has 1 fully saturated rings. The second-order valence-electron chi connectivity index (χ2n) is 7.53. The molecule has 1 saturated heterocycles. The molecule has 1 aromatic carbocycles. The van der Waals surface area contributed by atoms with Gasteiger partial charge in [0.2, 0.25) is 5.91 Å². The Hall–Kier alpha value is -3.54. The summed E-state index contributed by atoms with van der Waals surface area (Å²) in [6.45, 7) is 2.89. The number of benzene rings is 1. The highest BCUT2D eigenvalue weighted by Gasteiger charge is 2.31. The molecule has 4 rings (SSSR count). The Morgan fingerprint density at radius 3 is 2.39 bits per heavy atom. The van der Waals surface area contributed by atoms with Crippen LogP contribution in [0.1, 0.15) is 5.56 Å². The number of piperazine rings is 1. The lowest BCUT2D eigenvalue weighted by Gasteiger charge is -2.35. The number of carbonyl (C=O) groups excluding carboxylic acids is 2. The highest BCUT2D eigenvalue weighted by atomic mass is 19.4. The van der Waals surface area contributed by atoms with Gasteiger partial charge in [0.15, 0.2) is 11.5 Å². The Morgan fingerprint density at radius 2 is 1.73 bits per heavy atom. The van der Waals surface area contributed by atoms with E-state index in [-0.39, 0.29) is 6.54 Å². The molecule has 2 aliphatic rings. The fourth-order valence-electron chi connectivity index (χ4n) is 3.53. The summed E-state index contributed by atoms with van der Waals surface area (Å²) < 4.78 is 48.9. The van der Waals surface area contributed by atoms with E-state index in [4.69, 9.17) is 9.47 Å². The zero-order chi connectivity index (χ0) is 23.4. The minimum Gasteiger partial charge on any atom is -0.486 e. The second-order valence-corrected chi connectivity index (χ2v) is 7.53. The van der Waals surface area contributed by atoms with Crippen LogP contribution in [0.15, 0.2) is 36.5 Å². The molecule has 2 aliphatic heterocycles. The summed E-state index contributed by atoms with van der Waals surface area (Å²) in [5, 5.41) is 4.87. The Labute approximate surface area is 187 Å². The van der Waals surface area contributed by atoms with Gasteiger partial charge < -0.3 is 19.7 Å². The number of hydrogen-bond acceptors (Lipinski definition) is 7. The lowest BCUT2D eigenvalue weighted by molar-refractivity contribution is -0.137. The summed E-state index contributed by atoms with van der Waals surface area (Å²) in [6, 6.07) is 6.62. The Bertz CT molecular complexity index is 1010. The van der Waals surface area contributed by atoms with E-state index in [2.05, 4.69) is 15.6 Å². The maximum atomic E-state index is 12.7. The Morgan fingerprint density at radius 1 is 1.00 bits per heavy atom. The second kappa shape index (κ2) is 9.53. The van der Waals surface area contributed by atoms with Gasteiger partial charge in [-0.15, -0.1) is 0 Å². The van der Waals surface area contributed by atoms with E-state index in [1.807, 2.05) is 9.80 Å². The number of hydrogen-bond donors (Lipinski definition) is 2. The average Bonchev–Trinajstić information content (AvgIpc) is 2.79. The molecule has 2 N–H and O–H groups in total. The highest BCUT2D eigenvalue weighted by Crippen LogP contribution is 2.32. The first-order chi connectivity index (χ1) is 15.8. The minimum atomic E-state index is -4.42. The number of urea groups is 1. The van der Waals surface area contributed by atoms with Crippen molar-refractivity contribution in [1.29, 1.82) is 0 Å². The van der Waals surface area contributed by atoms with Gasteiger partial charge in [-0.3, -0.25) is 15.0 Å². The largest absolute Gasteiger partial charge is 0.486 e. The number of carbonyl (C=O) groups is 2. The van der Waals surface area contributed by atoms with Gasteiger partial charge in [-0.1, -0.05) is 0 Å². The molecule has 2 aromatic rings. The molecule has 3 amide bonds. The number of rotatable bonds is 4. The van der Waals surface area contributed by atoms with Crippen molar-refractivity contribution in [2.75, 3.05) is 56.2 Å². The fourth-order valence-corrected chi connectivity index (χ4v) is 3.53. The van der Waals surface area contributed by atoms with Crippen molar-refractivity contribution in [3.05, 3.63) is 42.1 Å². The summed E-state index contributed by atoms with van der Waals surface area (Å²) in [4.78, 5) is 32.0. The van der Waals surface area contributed by atoms with Gasteiger partial charge in [0, 0.05) is 44.1 Å². The monoisotopic (exact) mass is 465 g/mol. The number of alkyl halides is 3. The van der Waals surface area contributed by atoms with Crippen LogP contribution in [0.2, 0.25) is 0 Å². The lowest BCUT2D eigenvalue weighted by atomic mass is 10.2. The number of imide groups is 1. The van der Waals surface area contributed by atoms with Gasteiger partial charge in [0.05, 0.1) is 12.1 Å². The van der Waals surface area contributed by atoms with E-state index < -0.39 is 23.7 Å². The van der Waals surface area contributed by atoms with Gasteiger partial charge in [-0.2, -0.15) is 13.2 Å². The van der Waals surface area contributed by atoms with E-state index in [0.29, 0.717) is 62.4 Å². The standard InChI is InChI=1S/C21H22F3N5O4/c22-21(23,24)14-1-4-18(25-12-14)29-7-5-28(6-8-29)13-19(30)27-20(31)26-15-2-3-16-17(11-15)33-10-9-32-16/h1-4,11-12H,5-10,13H2,(H2,26,27,30,31). The van der Waals surface area contributed by atoms with Crippen molar-refractivity contribution in [3.8, 4) is 11.5 Å². The first-order valence-electron chi connectivity index (χ1n) is 10.3. The van der Waals surface area contributed by atoms with Crippen molar-refractivity contribution in [3.63, 3.8) is 0 Å². The molecule has 0 unspecified atom stereocenters. The van der Waals surface area contributed by atoms with Gasteiger partial charge in [-0.05, 0) is 24.3 Å². The predicted octanol–water partition coefficient (Wildman–Crippen LogP) is 2.34. The van der Waals surface area contributed by atoms with E-state index in [1.165, 1.54) is 6.07 Å². The van der Waals surface area contributed by atoms with Crippen LogP contribution in [0.3, 0.4) is 0 Å². The molecule has 0 radical (unpaired) electrons. The number of fused-ring (bicyclic) bond motifs is 1. The molecule has 3 heterocycles.